The molecule has 2 aromatic rings. The van der Waals surface area contributed by atoms with E-state index in [1.807, 2.05) is 0 Å². The van der Waals surface area contributed by atoms with Gasteiger partial charge in [0, 0.05) is 13.2 Å². The molecule has 6 nitrogen and oxygen atoms in total. The first kappa shape index (κ1) is 11.8. The number of hydrogen-bond acceptors (Lipinski definition) is 4. The normalized spacial score (nSPS) is 10.3. The highest BCUT2D eigenvalue weighted by atomic mass is 35.5. The number of amides is 1. The highest BCUT2D eigenvalue weighted by Crippen LogP contribution is 2.25. The van der Waals surface area contributed by atoms with Crippen LogP contribution in [0, 0.1) is 0 Å². The van der Waals surface area contributed by atoms with Crippen LogP contribution in [0.5, 0.6) is 0 Å². The van der Waals surface area contributed by atoms with E-state index in [0.29, 0.717) is 5.69 Å². The summed E-state index contributed by atoms with van der Waals surface area (Å²) in [6.07, 6.45) is 2.73. The molecule has 0 aromatic carbocycles. The van der Waals surface area contributed by atoms with Gasteiger partial charge in [-0.25, -0.2) is 9.97 Å². The van der Waals surface area contributed by atoms with E-state index < -0.39 is 0 Å². The number of nitrogens with zero attached hydrogens (tertiary/aromatic N) is 4. The molecule has 0 spiro atoms. The van der Waals surface area contributed by atoms with Crippen molar-refractivity contribution in [1.29, 1.82) is 0 Å². The molecule has 1 amide bonds. The number of halogens is 2. The van der Waals surface area contributed by atoms with Crippen molar-refractivity contribution in [1.82, 2.24) is 19.7 Å². The SMILES string of the molecule is Cn1nccc1C(=O)Nc1ncnc(Cl)c1Cl. The summed E-state index contributed by atoms with van der Waals surface area (Å²) >= 11 is 11.5. The smallest absolute Gasteiger partial charge is 0.275 e. The molecule has 0 aliphatic heterocycles. The summed E-state index contributed by atoms with van der Waals surface area (Å²) in [4.78, 5) is 19.3. The van der Waals surface area contributed by atoms with Crippen LogP contribution in [0.3, 0.4) is 0 Å². The maximum absolute atomic E-state index is 11.8. The van der Waals surface area contributed by atoms with Gasteiger partial charge in [0.15, 0.2) is 11.0 Å². The maximum atomic E-state index is 11.8. The van der Waals surface area contributed by atoms with Gasteiger partial charge in [0.1, 0.15) is 17.0 Å². The molecule has 2 heterocycles. The van der Waals surface area contributed by atoms with Crippen LogP contribution >= 0.6 is 23.2 Å². The fourth-order valence-electron chi connectivity index (χ4n) is 1.20. The van der Waals surface area contributed by atoms with E-state index in [4.69, 9.17) is 23.2 Å². The summed E-state index contributed by atoms with van der Waals surface area (Å²) in [5, 5.41) is 6.60. The average Bonchev–Trinajstić information content (AvgIpc) is 2.71. The summed E-state index contributed by atoms with van der Waals surface area (Å²) in [5.41, 5.74) is 0.385. The number of nitrogens with one attached hydrogen (secondary N) is 1. The zero-order valence-corrected chi connectivity index (χ0v) is 10.2. The molecule has 0 radical (unpaired) electrons. The Morgan fingerprint density at radius 3 is 2.82 bits per heavy atom. The van der Waals surface area contributed by atoms with Crippen molar-refractivity contribution in [2.75, 3.05) is 5.32 Å². The molecule has 0 atom stereocenters. The molecule has 88 valence electrons. The summed E-state index contributed by atoms with van der Waals surface area (Å²) < 4.78 is 1.44. The summed E-state index contributed by atoms with van der Waals surface area (Å²) in [6.45, 7) is 0. The Bertz CT molecular complexity index is 568. The van der Waals surface area contributed by atoms with Crippen LogP contribution in [-0.2, 0) is 7.05 Å². The highest BCUT2D eigenvalue weighted by molar-refractivity contribution is 6.43. The summed E-state index contributed by atoms with van der Waals surface area (Å²) in [7, 11) is 1.66. The van der Waals surface area contributed by atoms with Gasteiger partial charge < -0.3 is 5.32 Å². The molecule has 2 rings (SSSR count). The van der Waals surface area contributed by atoms with Crippen molar-refractivity contribution in [2.24, 2.45) is 7.05 Å². The van der Waals surface area contributed by atoms with Crippen molar-refractivity contribution >= 4 is 34.9 Å². The number of carbonyl (C=O) groups is 1. The lowest BCUT2D eigenvalue weighted by molar-refractivity contribution is 0.101. The maximum Gasteiger partial charge on any atom is 0.275 e. The monoisotopic (exact) mass is 271 g/mol. The van der Waals surface area contributed by atoms with Gasteiger partial charge in [-0.05, 0) is 6.07 Å². The van der Waals surface area contributed by atoms with E-state index in [9.17, 15) is 4.79 Å². The Morgan fingerprint density at radius 2 is 2.18 bits per heavy atom. The molecule has 8 heteroatoms. The highest BCUT2D eigenvalue weighted by Gasteiger charge is 2.14. The molecule has 1 N–H and O–H groups in total. The molecule has 0 bridgehead atoms. The molecule has 0 saturated carbocycles. The second-order valence-electron chi connectivity index (χ2n) is 3.12. The predicted molar refractivity (Wildman–Crippen MR) is 63.2 cm³/mol. The molecular formula is C9H7Cl2N5O. The van der Waals surface area contributed by atoms with Gasteiger partial charge in [-0.2, -0.15) is 5.10 Å². The van der Waals surface area contributed by atoms with Gasteiger partial charge in [0.25, 0.3) is 5.91 Å². The molecule has 0 aliphatic rings. The fraction of sp³-hybridized carbons (Fsp3) is 0.111. The molecule has 0 aliphatic carbocycles. The first-order valence-electron chi connectivity index (χ1n) is 4.55. The first-order valence-corrected chi connectivity index (χ1v) is 5.30. The zero-order valence-electron chi connectivity index (χ0n) is 8.69. The minimum atomic E-state index is -0.373. The van der Waals surface area contributed by atoms with E-state index in [1.165, 1.54) is 17.2 Å². The van der Waals surface area contributed by atoms with E-state index >= 15 is 0 Å². The van der Waals surface area contributed by atoms with Gasteiger partial charge in [-0.15, -0.1) is 0 Å². The first-order chi connectivity index (χ1) is 8.09. The van der Waals surface area contributed by atoms with Crippen LogP contribution in [0.25, 0.3) is 0 Å². The molecule has 0 saturated heterocycles. The minimum Gasteiger partial charge on any atom is -0.304 e. The van der Waals surface area contributed by atoms with E-state index in [2.05, 4.69) is 20.4 Å². The van der Waals surface area contributed by atoms with Crippen molar-refractivity contribution < 1.29 is 4.79 Å². The standard InChI is InChI=1S/C9H7Cl2N5O/c1-16-5(2-3-14-16)9(17)15-8-6(10)7(11)12-4-13-8/h2-4H,1H3,(H,12,13,15,17). The number of carbonyl (C=O) groups excluding carboxylic acids is 1. The lowest BCUT2D eigenvalue weighted by Crippen LogP contribution is -2.17. The largest absolute Gasteiger partial charge is 0.304 e. The molecule has 2 aromatic heterocycles. The van der Waals surface area contributed by atoms with E-state index in [0.717, 1.165) is 0 Å². The zero-order chi connectivity index (χ0) is 12.4. The van der Waals surface area contributed by atoms with Gasteiger partial charge in [-0.3, -0.25) is 9.48 Å². The third-order valence-electron chi connectivity index (χ3n) is 2.03. The van der Waals surface area contributed by atoms with E-state index in [1.54, 1.807) is 13.1 Å². The van der Waals surface area contributed by atoms with Gasteiger partial charge in [0.05, 0.1) is 0 Å². The number of anilines is 1. The Morgan fingerprint density at radius 1 is 1.41 bits per heavy atom. The van der Waals surface area contributed by atoms with Crippen molar-refractivity contribution in [2.45, 2.75) is 0 Å². The third kappa shape index (κ3) is 2.37. The Labute approximate surface area is 107 Å². The lowest BCUT2D eigenvalue weighted by atomic mass is 10.4. The summed E-state index contributed by atoms with van der Waals surface area (Å²) in [6, 6.07) is 1.58. The Kier molecular flexibility index (Phi) is 3.26. The van der Waals surface area contributed by atoms with Crippen LogP contribution in [0.4, 0.5) is 5.82 Å². The molecule has 17 heavy (non-hydrogen) atoms. The van der Waals surface area contributed by atoms with Gasteiger partial charge >= 0.3 is 0 Å². The second-order valence-corrected chi connectivity index (χ2v) is 3.86. The second kappa shape index (κ2) is 4.68. The number of aromatic nitrogens is 4. The van der Waals surface area contributed by atoms with Crippen LogP contribution in [0.1, 0.15) is 10.5 Å². The summed E-state index contributed by atoms with van der Waals surface area (Å²) in [5.74, 6) is -0.209. The predicted octanol–water partition coefficient (Wildman–Crippen LogP) is 1.77. The third-order valence-corrected chi connectivity index (χ3v) is 2.77. The number of rotatable bonds is 2. The van der Waals surface area contributed by atoms with Crippen LogP contribution in [0.15, 0.2) is 18.6 Å². The topological polar surface area (TPSA) is 72.7 Å². The number of hydrogen-bond donors (Lipinski definition) is 1. The molecular weight excluding hydrogens is 265 g/mol. The number of aryl methyl sites for hydroxylation is 1. The van der Waals surface area contributed by atoms with Crippen LogP contribution in [0.2, 0.25) is 10.2 Å². The lowest BCUT2D eigenvalue weighted by Gasteiger charge is -2.06. The van der Waals surface area contributed by atoms with E-state index in [-0.39, 0.29) is 21.9 Å². The van der Waals surface area contributed by atoms with Gasteiger partial charge in [-0.1, -0.05) is 23.2 Å². The molecule has 0 unspecified atom stereocenters. The van der Waals surface area contributed by atoms with Crippen LogP contribution in [-0.4, -0.2) is 25.7 Å². The Hall–Kier alpha value is -1.66. The average molecular weight is 272 g/mol. The van der Waals surface area contributed by atoms with Gasteiger partial charge in [0.2, 0.25) is 0 Å². The quantitative estimate of drug-likeness (QED) is 0.845. The minimum absolute atomic E-state index is 0.0852. The fourth-order valence-corrected chi connectivity index (χ4v) is 1.48. The van der Waals surface area contributed by atoms with Crippen molar-refractivity contribution in [3.63, 3.8) is 0 Å². The molecule has 0 fully saturated rings. The van der Waals surface area contributed by atoms with Crippen molar-refractivity contribution in [3.05, 3.63) is 34.5 Å². The Balaban J connectivity index is 2.25. The van der Waals surface area contributed by atoms with Crippen molar-refractivity contribution in [3.8, 4) is 0 Å². The van der Waals surface area contributed by atoms with Crippen LogP contribution < -0.4 is 5.32 Å².